The lowest BCUT2D eigenvalue weighted by Gasteiger charge is -2.20. The highest BCUT2D eigenvalue weighted by Crippen LogP contribution is 2.26. The fraction of sp³-hybridized carbons (Fsp3) is 0.333. The number of hydrogen-bond acceptors (Lipinski definition) is 4. The third kappa shape index (κ3) is 5.39. The Morgan fingerprint density at radius 2 is 1.71 bits per heavy atom. The Balaban J connectivity index is 0.00000280. The molecular formula is C21H26ClN3O3. The normalized spacial score (nSPS) is 13.9. The van der Waals surface area contributed by atoms with Gasteiger partial charge in [0.25, 0.3) is 5.91 Å². The number of benzene rings is 2. The lowest BCUT2D eigenvalue weighted by molar-refractivity contribution is -0.120. The minimum atomic E-state index is -0.270. The first kappa shape index (κ1) is 21.6. The van der Waals surface area contributed by atoms with E-state index in [0.29, 0.717) is 28.4 Å². The van der Waals surface area contributed by atoms with Gasteiger partial charge in [0.1, 0.15) is 5.75 Å². The molecule has 1 aliphatic rings. The number of nitrogen functional groups attached to an aromatic ring is 1. The van der Waals surface area contributed by atoms with Crippen LogP contribution in [0.3, 0.4) is 0 Å². The number of anilines is 3. The Morgan fingerprint density at radius 3 is 2.39 bits per heavy atom. The highest BCUT2D eigenvalue weighted by atomic mass is 35.5. The van der Waals surface area contributed by atoms with Crippen molar-refractivity contribution in [3.05, 3.63) is 48.0 Å². The predicted molar refractivity (Wildman–Crippen MR) is 114 cm³/mol. The van der Waals surface area contributed by atoms with E-state index < -0.39 is 0 Å². The van der Waals surface area contributed by atoms with E-state index >= 15 is 0 Å². The van der Waals surface area contributed by atoms with Gasteiger partial charge in [0.15, 0.2) is 0 Å². The van der Waals surface area contributed by atoms with Crippen molar-refractivity contribution >= 4 is 41.3 Å². The molecule has 4 N–H and O–H groups in total. The summed E-state index contributed by atoms with van der Waals surface area (Å²) in [5, 5.41) is 5.75. The number of ether oxygens (including phenoxy) is 1. The lowest BCUT2D eigenvalue weighted by Crippen LogP contribution is -2.24. The molecule has 3 rings (SSSR count). The van der Waals surface area contributed by atoms with Crippen molar-refractivity contribution in [3.63, 3.8) is 0 Å². The van der Waals surface area contributed by atoms with Crippen molar-refractivity contribution in [2.24, 2.45) is 5.92 Å². The quantitative estimate of drug-likeness (QED) is 0.642. The third-order valence-corrected chi connectivity index (χ3v) is 4.86. The third-order valence-electron chi connectivity index (χ3n) is 4.86. The molecule has 0 radical (unpaired) electrons. The van der Waals surface area contributed by atoms with Gasteiger partial charge in [-0.2, -0.15) is 0 Å². The Morgan fingerprint density at radius 1 is 1.00 bits per heavy atom. The number of carbonyl (C=O) groups is 2. The molecule has 28 heavy (non-hydrogen) atoms. The van der Waals surface area contributed by atoms with Crippen LogP contribution in [0.1, 0.15) is 42.5 Å². The van der Waals surface area contributed by atoms with Gasteiger partial charge in [0.05, 0.1) is 12.8 Å². The smallest absolute Gasteiger partial charge is 0.255 e. The van der Waals surface area contributed by atoms with Crippen molar-refractivity contribution in [1.82, 2.24) is 0 Å². The molecule has 1 aliphatic carbocycles. The van der Waals surface area contributed by atoms with Crippen LogP contribution in [0.15, 0.2) is 42.5 Å². The Labute approximate surface area is 171 Å². The summed E-state index contributed by atoms with van der Waals surface area (Å²) in [6, 6.07) is 12.0. The number of nitrogens with two attached hydrogens (primary N) is 1. The van der Waals surface area contributed by atoms with Crippen LogP contribution in [0, 0.1) is 5.92 Å². The summed E-state index contributed by atoms with van der Waals surface area (Å²) in [6.45, 7) is 0. The van der Waals surface area contributed by atoms with E-state index in [1.165, 1.54) is 13.5 Å². The fourth-order valence-corrected chi connectivity index (χ4v) is 3.36. The minimum Gasteiger partial charge on any atom is -0.495 e. The van der Waals surface area contributed by atoms with Crippen molar-refractivity contribution < 1.29 is 14.3 Å². The summed E-state index contributed by atoms with van der Waals surface area (Å²) in [4.78, 5) is 24.9. The maximum absolute atomic E-state index is 12.5. The first-order chi connectivity index (χ1) is 13.1. The van der Waals surface area contributed by atoms with Crippen molar-refractivity contribution in [2.75, 3.05) is 23.5 Å². The molecule has 2 aromatic rings. The van der Waals surface area contributed by atoms with Gasteiger partial charge in [0, 0.05) is 22.9 Å². The van der Waals surface area contributed by atoms with Crippen LogP contribution in [0.25, 0.3) is 0 Å². The molecule has 0 atom stereocenters. The highest BCUT2D eigenvalue weighted by molar-refractivity contribution is 6.05. The highest BCUT2D eigenvalue weighted by Gasteiger charge is 2.21. The van der Waals surface area contributed by atoms with Crippen molar-refractivity contribution in [1.29, 1.82) is 0 Å². The van der Waals surface area contributed by atoms with Gasteiger partial charge in [-0.25, -0.2) is 0 Å². The molecule has 0 aliphatic heterocycles. The van der Waals surface area contributed by atoms with Crippen LogP contribution in [-0.4, -0.2) is 18.9 Å². The fourth-order valence-electron chi connectivity index (χ4n) is 3.36. The van der Waals surface area contributed by atoms with Crippen LogP contribution in [0.2, 0.25) is 0 Å². The molecule has 0 aromatic heterocycles. The summed E-state index contributed by atoms with van der Waals surface area (Å²) < 4.78 is 5.11. The molecule has 6 nitrogen and oxygen atoms in total. The lowest BCUT2D eigenvalue weighted by atomic mass is 9.88. The monoisotopic (exact) mass is 403 g/mol. The molecular weight excluding hydrogens is 378 g/mol. The van der Waals surface area contributed by atoms with Gasteiger partial charge in [0.2, 0.25) is 5.91 Å². The second-order valence-electron chi connectivity index (χ2n) is 6.82. The minimum absolute atomic E-state index is 0. The summed E-state index contributed by atoms with van der Waals surface area (Å²) in [7, 11) is 1.54. The summed E-state index contributed by atoms with van der Waals surface area (Å²) in [6.07, 6.45) is 5.28. The van der Waals surface area contributed by atoms with Gasteiger partial charge in [-0.3, -0.25) is 9.59 Å². The molecule has 2 aromatic carbocycles. The number of nitrogens with one attached hydrogen (secondary N) is 2. The molecule has 0 spiro atoms. The van der Waals surface area contributed by atoms with E-state index in [0.717, 1.165) is 25.7 Å². The second-order valence-corrected chi connectivity index (χ2v) is 6.82. The van der Waals surface area contributed by atoms with Crippen LogP contribution >= 0.6 is 12.4 Å². The zero-order valence-corrected chi connectivity index (χ0v) is 16.7. The average Bonchev–Trinajstić information content (AvgIpc) is 2.69. The van der Waals surface area contributed by atoms with Crippen molar-refractivity contribution in [2.45, 2.75) is 32.1 Å². The molecule has 0 bridgehead atoms. The van der Waals surface area contributed by atoms with E-state index in [2.05, 4.69) is 10.6 Å². The standard InChI is InChI=1S/C21H25N3O3.ClH/c1-27-19-11-10-17(13-18(19)22)24-21(26)15-8-5-9-16(12-15)23-20(25)14-6-3-2-4-7-14;/h5,8-14H,2-4,6-7,22H2,1H3,(H,23,25)(H,24,26);1H. The Hall–Kier alpha value is -2.73. The molecule has 0 unspecified atom stereocenters. The largest absolute Gasteiger partial charge is 0.495 e. The first-order valence-electron chi connectivity index (χ1n) is 9.22. The molecule has 7 heteroatoms. The van der Waals surface area contributed by atoms with Gasteiger partial charge in [-0.15, -0.1) is 12.4 Å². The molecule has 2 amide bonds. The van der Waals surface area contributed by atoms with Crippen LogP contribution in [0.5, 0.6) is 5.75 Å². The predicted octanol–water partition coefficient (Wildman–Crippen LogP) is 4.47. The maximum atomic E-state index is 12.5. The van der Waals surface area contributed by atoms with E-state index in [1.54, 1.807) is 42.5 Å². The zero-order chi connectivity index (χ0) is 19.2. The zero-order valence-electron chi connectivity index (χ0n) is 15.9. The summed E-state index contributed by atoms with van der Waals surface area (Å²) in [5.74, 6) is 0.391. The van der Waals surface area contributed by atoms with Gasteiger partial charge in [-0.05, 0) is 49.2 Å². The van der Waals surface area contributed by atoms with Crippen molar-refractivity contribution in [3.8, 4) is 5.75 Å². The van der Waals surface area contributed by atoms with E-state index in [1.807, 2.05) is 0 Å². The van der Waals surface area contributed by atoms with Gasteiger partial charge < -0.3 is 21.1 Å². The summed E-state index contributed by atoms with van der Waals surface area (Å²) in [5.41, 5.74) is 7.99. The van der Waals surface area contributed by atoms with Gasteiger partial charge in [-0.1, -0.05) is 25.3 Å². The Kier molecular flexibility index (Phi) is 7.70. The number of halogens is 1. The number of carbonyl (C=O) groups excluding carboxylic acids is 2. The number of rotatable bonds is 5. The molecule has 1 fully saturated rings. The first-order valence-corrected chi connectivity index (χ1v) is 9.22. The van der Waals surface area contributed by atoms with Crippen LogP contribution in [0.4, 0.5) is 17.1 Å². The number of hydrogen-bond donors (Lipinski definition) is 3. The molecule has 0 saturated heterocycles. The van der Waals surface area contributed by atoms with Crippen LogP contribution in [-0.2, 0) is 4.79 Å². The molecule has 150 valence electrons. The van der Waals surface area contributed by atoms with Gasteiger partial charge >= 0.3 is 0 Å². The van der Waals surface area contributed by atoms with E-state index in [4.69, 9.17) is 10.5 Å². The summed E-state index contributed by atoms with van der Waals surface area (Å²) >= 11 is 0. The molecule has 1 saturated carbocycles. The maximum Gasteiger partial charge on any atom is 0.255 e. The SMILES string of the molecule is COc1ccc(NC(=O)c2cccc(NC(=O)C3CCCCC3)c2)cc1N.Cl. The Bertz CT molecular complexity index is 835. The number of amides is 2. The van der Waals surface area contributed by atoms with E-state index in [9.17, 15) is 9.59 Å². The number of methoxy groups -OCH3 is 1. The van der Waals surface area contributed by atoms with Crippen LogP contribution < -0.4 is 21.1 Å². The average molecular weight is 404 g/mol. The van der Waals surface area contributed by atoms with E-state index in [-0.39, 0.29) is 30.1 Å². The molecule has 0 heterocycles. The topological polar surface area (TPSA) is 93.5 Å². The second kappa shape index (κ2) is 9.99.